The van der Waals surface area contributed by atoms with E-state index in [9.17, 15) is 9.59 Å². The van der Waals surface area contributed by atoms with Crippen molar-refractivity contribution in [1.29, 1.82) is 0 Å². The summed E-state index contributed by atoms with van der Waals surface area (Å²) in [6.07, 6.45) is 2.55. The number of thioether (sulfide) groups is 1. The molecule has 0 atom stereocenters. The minimum atomic E-state index is -0.186. The fourth-order valence-corrected chi connectivity index (χ4v) is 4.15. The number of hydrogen-bond donors (Lipinski definition) is 1. The highest BCUT2D eigenvalue weighted by Crippen LogP contribution is 2.28. The molecule has 7 nitrogen and oxygen atoms in total. The molecule has 1 amide bonds. The van der Waals surface area contributed by atoms with Crippen LogP contribution in [0.1, 0.15) is 24.6 Å². The molecule has 0 bridgehead atoms. The van der Waals surface area contributed by atoms with Gasteiger partial charge in [0.05, 0.1) is 5.75 Å². The van der Waals surface area contributed by atoms with Gasteiger partial charge in [0.1, 0.15) is 0 Å². The number of para-hydroxylation sites is 1. The standard InChI is InChI=1S/C18H19N5O2S/c1-2-5-13-10-15(24)19-17-20-21-18(23(13)17)26-11-16(25)22-9-8-12-6-3-4-7-14(12)22/h3-4,6-7,10H,2,5,8-9,11H2,1H3,(H,19,20,24). The predicted octanol–water partition coefficient (Wildman–Crippen LogP) is 2.05. The predicted molar refractivity (Wildman–Crippen MR) is 101 cm³/mol. The number of carbonyl (C=O) groups excluding carboxylic acids is 1. The molecule has 0 saturated heterocycles. The second kappa shape index (κ2) is 6.95. The van der Waals surface area contributed by atoms with Gasteiger partial charge >= 0.3 is 0 Å². The summed E-state index contributed by atoms with van der Waals surface area (Å²) in [5.74, 6) is 0.750. The van der Waals surface area contributed by atoms with E-state index in [4.69, 9.17) is 0 Å². The quantitative estimate of drug-likeness (QED) is 0.696. The van der Waals surface area contributed by atoms with E-state index in [1.807, 2.05) is 27.5 Å². The van der Waals surface area contributed by atoms with E-state index < -0.39 is 0 Å². The molecule has 8 heteroatoms. The first-order chi connectivity index (χ1) is 12.7. The molecule has 2 aromatic heterocycles. The van der Waals surface area contributed by atoms with Crippen LogP contribution in [-0.4, -0.2) is 37.8 Å². The minimum Gasteiger partial charge on any atom is -0.311 e. The first-order valence-corrected chi connectivity index (χ1v) is 9.64. The van der Waals surface area contributed by atoms with Crippen molar-refractivity contribution in [3.8, 4) is 0 Å². The molecule has 0 radical (unpaired) electrons. The Morgan fingerprint density at radius 1 is 1.31 bits per heavy atom. The molecule has 26 heavy (non-hydrogen) atoms. The molecule has 1 aliphatic rings. The van der Waals surface area contributed by atoms with Crippen LogP contribution in [0.25, 0.3) is 5.78 Å². The van der Waals surface area contributed by atoms with Crippen molar-refractivity contribution in [2.24, 2.45) is 0 Å². The first kappa shape index (κ1) is 16.8. The maximum absolute atomic E-state index is 12.7. The van der Waals surface area contributed by atoms with Crippen molar-refractivity contribution in [3.05, 3.63) is 51.9 Å². The summed E-state index contributed by atoms with van der Waals surface area (Å²) in [4.78, 5) is 29.0. The molecule has 0 saturated carbocycles. The number of benzene rings is 1. The van der Waals surface area contributed by atoms with E-state index in [1.165, 1.54) is 17.3 Å². The Balaban J connectivity index is 1.55. The normalized spacial score (nSPS) is 13.3. The maximum Gasteiger partial charge on any atom is 0.252 e. The van der Waals surface area contributed by atoms with E-state index >= 15 is 0 Å². The number of amides is 1. The zero-order valence-electron chi connectivity index (χ0n) is 14.4. The van der Waals surface area contributed by atoms with Crippen LogP contribution in [0.5, 0.6) is 0 Å². The van der Waals surface area contributed by atoms with Gasteiger partial charge in [-0.25, -0.2) is 0 Å². The molecule has 0 unspecified atom stereocenters. The van der Waals surface area contributed by atoms with E-state index in [0.717, 1.165) is 30.6 Å². The number of rotatable bonds is 5. The van der Waals surface area contributed by atoms with Gasteiger partial charge in [-0.2, -0.15) is 0 Å². The number of H-pyrrole nitrogens is 1. The smallest absolute Gasteiger partial charge is 0.252 e. The SMILES string of the molecule is CCCc1cc(=O)[nH]c2nnc(SCC(=O)N3CCc4ccccc43)n12. The highest BCUT2D eigenvalue weighted by Gasteiger charge is 2.24. The molecular weight excluding hydrogens is 350 g/mol. The Hall–Kier alpha value is -2.61. The van der Waals surface area contributed by atoms with Crippen LogP contribution in [0.4, 0.5) is 5.69 Å². The zero-order valence-corrected chi connectivity index (χ0v) is 15.3. The highest BCUT2D eigenvalue weighted by atomic mass is 32.2. The number of aryl methyl sites for hydroxylation is 1. The van der Waals surface area contributed by atoms with Crippen molar-refractivity contribution < 1.29 is 4.79 Å². The lowest BCUT2D eigenvalue weighted by molar-refractivity contribution is -0.116. The Morgan fingerprint density at radius 2 is 2.15 bits per heavy atom. The monoisotopic (exact) mass is 369 g/mol. The molecule has 134 valence electrons. The van der Waals surface area contributed by atoms with E-state index in [2.05, 4.69) is 28.2 Å². The average molecular weight is 369 g/mol. The molecule has 1 aromatic carbocycles. The van der Waals surface area contributed by atoms with Gasteiger partial charge in [0.25, 0.3) is 5.56 Å². The first-order valence-electron chi connectivity index (χ1n) is 8.65. The lowest BCUT2D eigenvalue weighted by Gasteiger charge is -2.16. The number of fused-ring (bicyclic) bond motifs is 2. The van der Waals surface area contributed by atoms with Gasteiger partial charge in [0.2, 0.25) is 11.7 Å². The summed E-state index contributed by atoms with van der Waals surface area (Å²) in [6, 6.07) is 9.58. The second-order valence-corrected chi connectivity index (χ2v) is 7.17. The van der Waals surface area contributed by atoms with Gasteiger partial charge in [-0.15, -0.1) is 10.2 Å². The number of carbonyl (C=O) groups is 1. The Bertz CT molecular complexity index is 1030. The van der Waals surface area contributed by atoms with Crippen molar-refractivity contribution in [2.45, 2.75) is 31.3 Å². The third-order valence-corrected chi connectivity index (χ3v) is 5.39. The second-order valence-electron chi connectivity index (χ2n) is 6.23. The number of aromatic nitrogens is 4. The fourth-order valence-electron chi connectivity index (χ4n) is 3.31. The molecule has 0 spiro atoms. The van der Waals surface area contributed by atoms with E-state index in [1.54, 1.807) is 6.07 Å². The van der Waals surface area contributed by atoms with Gasteiger partial charge in [-0.05, 0) is 24.5 Å². The Labute approximate surface area is 154 Å². The molecule has 0 fully saturated rings. The van der Waals surface area contributed by atoms with Gasteiger partial charge in [-0.3, -0.25) is 19.0 Å². The third kappa shape index (κ3) is 3.01. The summed E-state index contributed by atoms with van der Waals surface area (Å²) in [5.41, 5.74) is 2.88. The van der Waals surface area contributed by atoms with Gasteiger partial charge in [-0.1, -0.05) is 43.3 Å². The average Bonchev–Trinajstić information content (AvgIpc) is 3.24. The fraction of sp³-hybridized carbons (Fsp3) is 0.333. The lowest BCUT2D eigenvalue weighted by atomic mass is 10.2. The van der Waals surface area contributed by atoms with Crippen molar-refractivity contribution in [3.63, 3.8) is 0 Å². The van der Waals surface area contributed by atoms with Crippen LogP contribution in [-0.2, 0) is 17.6 Å². The molecule has 3 aromatic rings. The number of hydrogen-bond acceptors (Lipinski definition) is 5. The summed E-state index contributed by atoms with van der Waals surface area (Å²) in [5, 5.41) is 8.83. The summed E-state index contributed by atoms with van der Waals surface area (Å²) >= 11 is 1.35. The van der Waals surface area contributed by atoms with Crippen LogP contribution < -0.4 is 10.5 Å². The number of nitrogens with one attached hydrogen (secondary N) is 1. The summed E-state index contributed by atoms with van der Waals surface area (Å²) < 4.78 is 1.83. The third-order valence-electron chi connectivity index (χ3n) is 4.47. The highest BCUT2D eigenvalue weighted by molar-refractivity contribution is 7.99. The van der Waals surface area contributed by atoms with Crippen LogP contribution >= 0.6 is 11.8 Å². The number of anilines is 1. The molecule has 1 N–H and O–H groups in total. The van der Waals surface area contributed by atoms with Gasteiger partial charge < -0.3 is 4.90 Å². The summed E-state index contributed by atoms with van der Waals surface area (Å²) in [6.45, 7) is 2.77. The van der Waals surface area contributed by atoms with Crippen molar-refractivity contribution in [1.82, 2.24) is 19.6 Å². The van der Waals surface area contributed by atoms with E-state index in [-0.39, 0.29) is 17.2 Å². The van der Waals surface area contributed by atoms with Crippen LogP contribution in [0.2, 0.25) is 0 Å². The van der Waals surface area contributed by atoms with Gasteiger partial charge in [0.15, 0.2) is 5.16 Å². The Morgan fingerprint density at radius 3 is 3.00 bits per heavy atom. The largest absolute Gasteiger partial charge is 0.311 e. The van der Waals surface area contributed by atoms with Crippen LogP contribution in [0.15, 0.2) is 40.3 Å². The number of aromatic amines is 1. The minimum absolute atomic E-state index is 0.0539. The van der Waals surface area contributed by atoms with Crippen molar-refractivity contribution >= 4 is 29.1 Å². The van der Waals surface area contributed by atoms with Crippen LogP contribution in [0, 0.1) is 0 Å². The Kier molecular flexibility index (Phi) is 4.50. The number of nitrogens with zero attached hydrogens (tertiary/aromatic N) is 4. The lowest BCUT2D eigenvalue weighted by Crippen LogP contribution is -2.30. The molecule has 0 aliphatic carbocycles. The maximum atomic E-state index is 12.7. The topological polar surface area (TPSA) is 83.4 Å². The molecule has 4 rings (SSSR count). The zero-order chi connectivity index (χ0) is 18.1. The molecular formula is C18H19N5O2S. The molecule has 3 heterocycles. The van der Waals surface area contributed by atoms with E-state index in [0.29, 0.717) is 17.5 Å². The van der Waals surface area contributed by atoms with Crippen LogP contribution in [0.3, 0.4) is 0 Å². The van der Waals surface area contributed by atoms with Crippen molar-refractivity contribution in [2.75, 3.05) is 17.2 Å². The summed E-state index contributed by atoms with van der Waals surface area (Å²) in [7, 11) is 0. The van der Waals surface area contributed by atoms with Gasteiger partial charge in [0, 0.05) is 24.0 Å². The molecule has 1 aliphatic heterocycles.